The minimum atomic E-state index is -0.300. The summed E-state index contributed by atoms with van der Waals surface area (Å²) in [7, 11) is 1.56. The molecule has 1 atom stereocenters. The van der Waals surface area contributed by atoms with Crippen LogP contribution in [0.4, 0.5) is 0 Å². The van der Waals surface area contributed by atoms with E-state index in [9.17, 15) is 0 Å². The second kappa shape index (κ2) is 8.39. The molecule has 0 aliphatic rings. The highest BCUT2D eigenvalue weighted by molar-refractivity contribution is 7.80. The minimum Gasteiger partial charge on any atom is -0.370 e. The highest BCUT2D eigenvalue weighted by Gasteiger charge is 2.00. The first-order valence-electron chi connectivity index (χ1n) is 5.91. The van der Waals surface area contributed by atoms with Gasteiger partial charge < -0.3 is 21.1 Å². The molecular weight excluding hydrogens is 262 g/mol. The van der Waals surface area contributed by atoms with Crippen molar-refractivity contribution in [2.45, 2.75) is 19.6 Å². The number of hydrogen-bond acceptors (Lipinski definition) is 4. The van der Waals surface area contributed by atoms with E-state index in [1.54, 1.807) is 20.2 Å². The molecule has 6 nitrogen and oxygen atoms in total. The van der Waals surface area contributed by atoms with Crippen LogP contribution in [0.1, 0.15) is 12.5 Å². The predicted molar refractivity (Wildman–Crippen MR) is 79.8 cm³/mol. The van der Waals surface area contributed by atoms with Gasteiger partial charge in [-0.1, -0.05) is 6.07 Å². The number of nitrogens with two attached hydrogens (primary N) is 1. The van der Waals surface area contributed by atoms with Crippen molar-refractivity contribution in [3.63, 3.8) is 0 Å². The zero-order chi connectivity index (χ0) is 14.1. The van der Waals surface area contributed by atoms with Crippen LogP contribution in [-0.4, -0.2) is 35.9 Å². The molecule has 0 aliphatic carbocycles. The molecule has 0 bridgehead atoms. The Bertz CT molecular complexity index is 423. The molecule has 0 aromatic carbocycles. The summed E-state index contributed by atoms with van der Waals surface area (Å²) >= 11 is 5.10. The van der Waals surface area contributed by atoms with Crippen molar-refractivity contribution < 1.29 is 4.74 Å². The zero-order valence-electron chi connectivity index (χ0n) is 11.1. The number of pyridine rings is 1. The largest absolute Gasteiger partial charge is 0.370 e. The summed E-state index contributed by atoms with van der Waals surface area (Å²) in [6.07, 6.45) is 4.11. The summed E-state index contributed by atoms with van der Waals surface area (Å²) in [4.78, 5) is 8.07. The first-order valence-corrected chi connectivity index (χ1v) is 6.32. The van der Waals surface area contributed by atoms with Gasteiger partial charge in [-0.15, -0.1) is 0 Å². The quantitative estimate of drug-likeness (QED) is 0.411. The Labute approximate surface area is 118 Å². The van der Waals surface area contributed by atoms with Crippen molar-refractivity contribution in [2.24, 2.45) is 10.7 Å². The van der Waals surface area contributed by atoms with E-state index in [4.69, 9.17) is 22.7 Å². The molecule has 0 radical (unpaired) electrons. The maximum atomic E-state index is 5.66. The number of hydrogen-bond donors (Lipinski definition) is 3. The van der Waals surface area contributed by atoms with Gasteiger partial charge in [0.15, 0.2) is 11.1 Å². The molecule has 0 fully saturated rings. The Hall–Kier alpha value is -1.73. The number of thiocarbonyl (C=S) groups is 1. The van der Waals surface area contributed by atoms with Gasteiger partial charge in [-0.2, -0.15) is 0 Å². The van der Waals surface area contributed by atoms with Crippen LogP contribution in [0.25, 0.3) is 0 Å². The van der Waals surface area contributed by atoms with Gasteiger partial charge in [-0.05, 0) is 37.2 Å². The fourth-order valence-electron chi connectivity index (χ4n) is 1.31. The molecule has 0 saturated carbocycles. The average Bonchev–Trinajstić information content (AvgIpc) is 2.39. The van der Waals surface area contributed by atoms with Crippen LogP contribution in [0.3, 0.4) is 0 Å². The van der Waals surface area contributed by atoms with Crippen LogP contribution >= 0.6 is 12.2 Å². The maximum absolute atomic E-state index is 5.66. The lowest BCUT2D eigenvalue weighted by molar-refractivity contribution is 0.126. The van der Waals surface area contributed by atoms with Gasteiger partial charge in [0.25, 0.3) is 0 Å². The van der Waals surface area contributed by atoms with E-state index in [1.165, 1.54) is 0 Å². The highest BCUT2D eigenvalue weighted by Crippen LogP contribution is 1.95. The van der Waals surface area contributed by atoms with E-state index in [0.717, 1.165) is 12.0 Å². The van der Waals surface area contributed by atoms with E-state index in [0.29, 0.717) is 11.7 Å². The molecule has 19 heavy (non-hydrogen) atoms. The SMILES string of the molecule is COC(C)/N=C(\N)NC(=S)NCCc1cccnc1. The number of rotatable bonds is 5. The molecule has 0 amide bonds. The average molecular weight is 281 g/mol. The van der Waals surface area contributed by atoms with E-state index >= 15 is 0 Å². The first-order chi connectivity index (χ1) is 9.11. The number of aromatic nitrogens is 1. The lowest BCUT2D eigenvalue weighted by atomic mass is 10.2. The Morgan fingerprint density at radius 3 is 3.05 bits per heavy atom. The van der Waals surface area contributed by atoms with Gasteiger partial charge in [0.05, 0.1) is 0 Å². The Morgan fingerprint density at radius 2 is 2.42 bits per heavy atom. The van der Waals surface area contributed by atoms with Gasteiger partial charge in [0.1, 0.15) is 6.23 Å². The second-order valence-electron chi connectivity index (χ2n) is 3.84. The second-order valence-corrected chi connectivity index (χ2v) is 4.25. The van der Waals surface area contributed by atoms with Crippen LogP contribution in [0.2, 0.25) is 0 Å². The van der Waals surface area contributed by atoms with E-state index < -0.39 is 0 Å². The molecule has 1 aromatic heterocycles. The fraction of sp³-hybridized carbons (Fsp3) is 0.417. The minimum absolute atomic E-state index is 0.230. The highest BCUT2D eigenvalue weighted by atomic mass is 32.1. The van der Waals surface area contributed by atoms with Crippen LogP contribution in [0.5, 0.6) is 0 Å². The van der Waals surface area contributed by atoms with Crippen molar-refractivity contribution in [2.75, 3.05) is 13.7 Å². The Morgan fingerprint density at radius 1 is 1.63 bits per heavy atom. The van der Waals surface area contributed by atoms with E-state index in [2.05, 4.69) is 20.6 Å². The topological polar surface area (TPSA) is 84.6 Å². The summed E-state index contributed by atoms with van der Waals surface area (Å²) in [5.74, 6) is 0.230. The van der Waals surface area contributed by atoms with Crippen LogP contribution in [0.15, 0.2) is 29.5 Å². The number of methoxy groups -OCH3 is 1. The molecular formula is C12H19N5OS. The number of aliphatic imine (C=N–C) groups is 1. The molecule has 0 saturated heterocycles. The van der Waals surface area contributed by atoms with Gasteiger partial charge in [0, 0.05) is 26.0 Å². The third-order valence-corrected chi connectivity index (χ3v) is 2.57. The lowest BCUT2D eigenvalue weighted by Gasteiger charge is -2.11. The molecule has 104 valence electrons. The smallest absolute Gasteiger partial charge is 0.197 e. The standard InChI is InChI=1S/C12H19N5OS/c1-9(18-2)16-11(13)17-12(19)15-7-5-10-4-3-6-14-8-10/h3-4,6,8-9H,5,7H2,1-2H3,(H4,13,15,16,17,19). The number of nitrogens with one attached hydrogen (secondary N) is 2. The predicted octanol–water partition coefficient (Wildman–Crippen LogP) is 0.395. The number of nitrogens with zero attached hydrogens (tertiary/aromatic N) is 2. The van der Waals surface area contributed by atoms with Gasteiger partial charge in [0.2, 0.25) is 0 Å². The molecule has 7 heteroatoms. The Balaban J connectivity index is 2.26. The third kappa shape index (κ3) is 6.68. The lowest BCUT2D eigenvalue weighted by Crippen LogP contribution is -2.44. The number of guanidine groups is 1. The summed E-state index contributed by atoms with van der Waals surface area (Å²) in [5, 5.41) is 6.27. The van der Waals surface area contributed by atoms with Gasteiger partial charge in [-0.3, -0.25) is 4.98 Å². The summed E-state index contributed by atoms with van der Waals surface area (Å²) in [6, 6.07) is 3.92. The third-order valence-electron chi connectivity index (χ3n) is 2.33. The zero-order valence-corrected chi connectivity index (χ0v) is 11.9. The van der Waals surface area contributed by atoms with Crippen LogP contribution < -0.4 is 16.4 Å². The molecule has 1 rings (SSSR count). The van der Waals surface area contributed by atoms with Crippen molar-refractivity contribution in [1.29, 1.82) is 0 Å². The maximum Gasteiger partial charge on any atom is 0.197 e. The molecule has 1 heterocycles. The van der Waals surface area contributed by atoms with E-state index in [-0.39, 0.29) is 12.2 Å². The van der Waals surface area contributed by atoms with Crippen LogP contribution in [0, 0.1) is 0 Å². The normalized spacial score (nSPS) is 12.8. The van der Waals surface area contributed by atoms with Crippen molar-refractivity contribution in [3.8, 4) is 0 Å². The van der Waals surface area contributed by atoms with Gasteiger partial charge in [-0.25, -0.2) is 4.99 Å². The molecule has 1 unspecified atom stereocenters. The molecule has 4 N–H and O–H groups in total. The first kappa shape index (κ1) is 15.3. The number of ether oxygens (including phenoxy) is 1. The fourth-order valence-corrected chi connectivity index (χ4v) is 1.51. The van der Waals surface area contributed by atoms with Crippen molar-refractivity contribution in [1.82, 2.24) is 15.6 Å². The summed E-state index contributed by atoms with van der Waals surface area (Å²) in [6.45, 7) is 2.48. The van der Waals surface area contributed by atoms with Gasteiger partial charge >= 0.3 is 0 Å². The van der Waals surface area contributed by atoms with E-state index in [1.807, 2.05) is 18.3 Å². The molecule has 0 spiro atoms. The van der Waals surface area contributed by atoms with Crippen molar-refractivity contribution >= 4 is 23.3 Å². The van der Waals surface area contributed by atoms with Crippen LogP contribution in [-0.2, 0) is 11.2 Å². The summed E-state index contributed by atoms with van der Waals surface area (Å²) < 4.78 is 4.96. The Kier molecular flexibility index (Phi) is 6.76. The molecule has 1 aromatic rings. The summed E-state index contributed by atoms with van der Waals surface area (Å²) in [5.41, 5.74) is 6.80. The molecule has 0 aliphatic heterocycles. The van der Waals surface area contributed by atoms with Crippen molar-refractivity contribution in [3.05, 3.63) is 30.1 Å². The monoisotopic (exact) mass is 281 g/mol.